The summed E-state index contributed by atoms with van der Waals surface area (Å²) in [5.74, 6) is -0.311. The van der Waals surface area contributed by atoms with E-state index in [0.29, 0.717) is 23.4 Å². The minimum atomic E-state index is -0.291. The number of benzene rings is 3. The van der Waals surface area contributed by atoms with Gasteiger partial charge in [-0.15, -0.1) is 0 Å². The Morgan fingerprint density at radius 3 is 2.41 bits per heavy atom. The quantitative estimate of drug-likeness (QED) is 0.464. The van der Waals surface area contributed by atoms with Crippen LogP contribution >= 0.6 is 0 Å². The van der Waals surface area contributed by atoms with Gasteiger partial charge in [0.15, 0.2) is 12.4 Å². The molecule has 0 aliphatic rings. The molecule has 0 radical (unpaired) electrons. The number of anilines is 1. The van der Waals surface area contributed by atoms with Crippen LogP contribution in [-0.4, -0.2) is 24.2 Å². The second-order valence-electron chi connectivity index (χ2n) is 7.75. The lowest BCUT2D eigenvalue weighted by Gasteiger charge is -2.16. The molecule has 32 heavy (non-hydrogen) atoms. The molecule has 6 heteroatoms. The van der Waals surface area contributed by atoms with E-state index in [2.05, 4.69) is 16.7 Å². The number of fused-ring (bicyclic) bond motifs is 1. The first kappa shape index (κ1) is 23.0. The van der Waals surface area contributed by atoms with E-state index in [9.17, 15) is 14.4 Å². The van der Waals surface area contributed by atoms with Crippen LogP contribution in [0.2, 0.25) is 0 Å². The van der Waals surface area contributed by atoms with Crippen molar-refractivity contribution >= 4 is 34.1 Å². The maximum atomic E-state index is 12.5. The lowest BCUT2D eigenvalue weighted by molar-refractivity contribution is -0.123. The number of amides is 2. The molecule has 0 saturated carbocycles. The molecule has 0 heterocycles. The number of rotatable bonds is 9. The molecule has 2 N–H and O–H groups in total. The fraction of sp³-hybridized carbons (Fsp3) is 0.269. The number of ether oxygens (including phenoxy) is 1. The van der Waals surface area contributed by atoms with Crippen LogP contribution in [0.4, 0.5) is 5.69 Å². The van der Waals surface area contributed by atoms with Gasteiger partial charge < -0.3 is 15.4 Å². The van der Waals surface area contributed by atoms with Gasteiger partial charge in [0.25, 0.3) is 5.91 Å². The fourth-order valence-corrected chi connectivity index (χ4v) is 3.45. The van der Waals surface area contributed by atoms with Gasteiger partial charge in [-0.1, -0.05) is 43.3 Å². The molecule has 166 valence electrons. The van der Waals surface area contributed by atoms with E-state index < -0.39 is 0 Å². The molecule has 2 amide bonds. The first-order chi connectivity index (χ1) is 15.4. The molecule has 3 rings (SSSR count). The molecule has 1 unspecified atom stereocenters. The van der Waals surface area contributed by atoms with E-state index in [4.69, 9.17) is 4.74 Å². The number of ketones is 1. The van der Waals surface area contributed by atoms with E-state index in [1.165, 1.54) is 6.92 Å². The second kappa shape index (κ2) is 10.6. The van der Waals surface area contributed by atoms with Gasteiger partial charge >= 0.3 is 0 Å². The normalized spacial score (nSPS) is 11.6. The summed E-state index contributed by atoms with van der Waals surface area (Å²) in [5, 5.41) is 7.94. The molecule has 0 saturated heterocycles. The Morgan fingerprint density at radius 2 is 1.69 bits per heavy atom. The summed E-state index contributed by atoms with van der Waals surface area (Å²) in [6.45, 7) is 5.03. The van der Waals surface area contributed by atoms with Gasteiger partial charge in [0.05, 0.1) is 11.6 Å². The SMILES string of the molecule is CCCC(=O)Nc1ccc(OCC(=O)NC(C)c2ccc3ccccc3c2)c(C(C)=O)c1. The Hall–Kier alpha value is -3.67. The standard InChI is InChI=1S/C26H28N2O4/c1-4-7-25(30)28-22-12-13-24(23(15-22)18(3)29)32-16-26(31)27-17(2)20-11-10-19-8-5-6-9-21(19)14-20/h5-6,8-15,17H,4,7,16H2,1-3H3,(H,27,31)(H,28,30). The number of Topliss-reactive ketones (excluding diaryl/α,β-unsaturated/α-hetero) is 1. The highest BCUT2D eigenvalue weighted by Crippen LogP contribution is 2.24. The van der Waals surface area contributed by atoms with Crippen molar-refractivity contribution in [2.75, 3.05) is 11.9 Å². The Kier molecular flexibility index (Phi) is 7.60. The summed E-state index contributed by atoms with van der Waals surface area (Å²) < 4.78 is 5.63. The summed E-state index contributed by atoms with van der Waals surface area (Å²) >= 11 is 0. The van der Waals surface area contributed by atoms with Crippen LogP contribution < -0.4 is 15.4 Å². The molecule has 0 bridgehead atoms. The lowest BCUT2D eigenvalue weighted by Crippen LogP contribution is -2.31. The minimum Gasteiger partial charge on any atom is -0.483 e. The van der Waals surface area contributed by atoms with Crippen molar-refractivity contribution in [2.24, 2.45) is 0 Å². The molecule has 0 aromatic heterocycles. The van der Waals surface area contributed by atoms with Crippen molar-refractivity contribution in [3.63, 3.8) is 0 Å². The highest BCUT2D eigenvalue weighted by Gasteiger charge is 2.15. The summed E-state index contributed by atoms with van der Waals surface area (Å²) in [4.78, 5) is 36.3. The first-order valence-corrected chi connectivity index (χ1v) is 10.7. The van der Waals surface area contributed by atoms with Crippen LogP contribution in [0.1, 0.15) is 55.6 Å². The summed E-state index contributed by atoms with van der Waals surface area (Å²) in [7, 11) is 0. The van der Waals surface area contributed by atoms with E-state index in [-0.39, 0.29) is 30.2 Å². The van der Waals surface area contributed by atoms with E-state index in [0.717, 1.165) is 22.8 Å². The first-order valence-electron chi connectivity index (χ1n) is 10.7. The third-order valence-corrected chi connectivity index (χ3v) is 5.13. The van der Waals surface area contributed by atoms with Crippen molar-refractivity contribution in [1.29, 1.82) is 0 Å². The predicted molar refractivity (Wildman–Crippen MR) is 126 cm³/mol. The van der Waals surface area contributed by atoms with Crippen molar-refractivity contribution in [2.45, 2.75) is 39.7 Å². The molecule has 6 nitrogen and oxygen atoms in total. The van der Waals surface area contributed by atoms with Gasteiger partial charge in [0.2, 0.25) is 5.91 Å². The fourth-order valence-electron chi connectivity index (χ4n) is 3.45. The third kappa shape index (κ3) is 5.94. The van der Waals surface area contributed by atoms with Gasteiger partial charge in [-0.2, -0.15) is 0 Å². The van der Waals surface area contributed by atoms with Crippen LogP contribution in [0.25, 0.3) is 10.8 Å². The number of hydrogen-bond donors (Lipinski definition) is 2. The van der Waals surface area contributed by atoms with Crippen LogP contribution in [0.5, 0.6) is 5.75 Å². The molecule has 3 aromatic rings. The van der Waals surface area contributed by atoms with Crippen LogP contribution in [0, 0.1) is 0 Å². The van der Waals surface area contributed by atoms with Crippen molar-refractivity contribution in [1.82, 2.24) is 5.32 Å². The van der Waals surface area contributed by atoms with Gasteiger partial charge in [0, 0.05) is 12.1 Å². The zero-order valence-corrected chi connectivity index (χ0v) is 18.6. The summed E-state index contributed by atoms with van der Waals surface area (Å²) in [6.07, 6.45) is 1.14. The van der Waals surface area contributed by atoms with Crippen LogP contribution in [0.3, 0.4) is 0 Å². The smallest absolute Gasteiger partial charge is 0.258 e. The highest BCUT2D eigenvalue weighted by molar-refractivity contribution is 5.99. The monoisotopic (exact) mass is 432 g/mol. The second-order valence-corrected chi connectivity index (χ2v) is 7.75. The number of carbonyl (C=O) groups excluding carboxylic acids is 3. The maximum absolute atomic E-state index is 12.5. The maximum Gasteiger partial charge on any atom is 0.258 e. The Balaban J connectivity index is 1.62. The Bertz CT molecular complexity index is 1140. The average Bonchev–Trinajstić information content (AvgIpc) is 2.77. The molecular formula is C26H28N2O4. The average molecular weight is 433 g/mol. The molecule has 0 aliphatic heterocycles. The minimum absolute atomic E-state index is 0.113. The zero-order chi connectivity index (χ0) is 23.1. The molecule has 1 atom stereocenters. The van der Waals surface area contributed by atoms with Crippen LogP contribution in [-0.2, 0) is 9.59 Å². The van der Waals surface area contributed by atoms with E-state index >= 15 is 0 Å². The van der Waals surface area contributed by atoms with Gasteiger partial charge in [-0.3, -0.25) is 14.4 Å². The lowest BCUT2D eigenvalue weighted by atomic mass is 10.0. The molecular weight excluding hydrogens is 404 g/mol. The molecule has 0 aliphatic carbocycles. The zero-order valence-electron chi connectivity index (χ0n) is 18.6. The number of hydrogen-bond acceptors (Lipinski definition) is 4. The van der Waals surface area contributed by atoms with E-state index in [1.54, 1.807) is 18.2 Å². The molecule has 3 aromatic carbocycles. The summed E-state index contributed by atoms with van der Waals surface area (Å²) in [5.41, 5.74) is 1.83. The molecule has 0 spiro atoms. The molecule has 0 fully saturated rings. The number of nitrogens with one attached hydrogen (secondary N) is 2. The topological polar surface area (TPSA) is 84.5 Å². The Labute approximate surface area is 188 Å². The van der Waals surface area contributed by atoms with Gasteiger partial charge in [-0.05, 0) is 60.9 Å². The van der Waals surface area contributed by atoms with Gasteiger partial charge in [0.1, 0.15) is 5.75 Å². The van der Waals surface area contributed by atoms with E-state index in [1.807, 2.05) is 50.2 Å². The highest BCUT2D eigenvalue weighted by atomic mass is 16.5. The predicted octanol–water partition coefficient (Wildman–Crippen LogP) is 5.04. The van der Waals surface area contributed by atoms with Crippen molar-refractivity contribution in [3.05, 3.63) is 71.8 Å². The van der Waals surface area contributed by atoms with Crippen molar-refractivity contribution in [3.8, 4) is 5.75 Å². The number of carbonyl (C=O) groups is 3. The van der Waals surface area contributed by atoms with Gasteiger partial charge in [-0.25, -0.2) is 0 Å². The van der Waals surface area contributed by atoms with Crippen LogP contribution in [0.15, 0.2) is 60.7 Å². The largest absolute Gasteiger partial charge is 0.483 e. The van der Waals surface area contributed by atoms with Crippen molar-refractivity contribution < 1.29 is 19.1 Å². The third-order valence-electron chi connectivity index (χ3n) is 5.13. The Morgan fingerprint density at radius 1 is 0.938 bits per heavy atom. The summed E-state index contributed by atoms with van der Waals surface area (Å²) in [6, 6.07) is 18.8.